The Hall–Kier alpha value is -0.860. The summed E-state index contributed by atoms with van der Waals surface area (Å²) in [6.07, 6.45) is 2.57. The van der Waals surface area contributed by atoms with E-state index >= 15 is 0 Å². The van der Waals surface area contributed by atoms with Crippen LogP contribution >= 0.6 is 0 Å². The zero-order valence-electron chi connectivity index (χ0n) is 12.6. The van der Waals surface area contributed by atoms with Crippen LogP contribution < -0.4 is 5.32 Å². The molecule has 1 aliphatic rings. The normalized spacial score (nSPS) is 26.3. The molecule has 3 unspecified atom stereocenters. The molecule has 2 nitrogen and oxygen atoms in total. The molecule has 1 N–H and O–H groups in total. The average molecular weight is 260 g/mol. The predicted molar refractivity (Wildman–Crippen MR) is 82.6 cm³/mol. The lowest BCUT2D eigenvalue weighted by Gasteiger charge is -2.40. The molecule has 0 spiro atoms. The number of hydrogen-bond donors (Lipinski definition) is 1. The van der Waals surface area contributed by atoms with Crippen molar-refractivity contribution in [3.8, 4) is 0 Å². The highest BCUT2D eigenvalue weighted by atomic mass is 15.2. The first kappa shape index (κ1) is 14.5. The highest BCUT2D eigenvalue weighted by Gasteiger charge is 2.25. The van der Waals surface area contributed by atoms with Crippen LogP contribution in [0.1, 0.15) is 45.1 Å². The van der Waals surface area contributed by atoms with Gasteiger partial charge in [0.1, 0.15) is 0 Å². The fourth-order valence-electron chi connectivity index (χ4n) is 3.03. The van der Waals surface area contributed by atoms with Crippen LogP contribution in [0.4, 0.5) is 0 Å². The third-order valence-corrected chi connectivity index (χ3v) is 4.29. The van der Waals surface area contributed by atoms with Crippen molar-refractivity contribution in [3.63, 3.8) is 0 Å². The molecule has 1 fully saturated rings. The summed E-state index contributed by atoms with van der Waals surface area (Å²) in [6.45, 7) is 10.5. The van der Waals surface area contributed by atoms with E-state index in [0.29, 0.717) is 18.0 Å². The number of nitrogens with one attached hydrogen (secondary N) is 1. The molecule has 0 aliphatic carbocycles. The van der Waals surface area contributed by atoms with Gasteiger partial charge >= 0.3 is 0 Å². The molecule has 1 heterocycles. The second-order valence-corrected chi connectivity index (χ2v) is 6.01. The van der Waals surface area contributed by atoms with Crippen LogP contribution in [0.15, 0.2) is 30.3 Å². The summed E-state index contributed by atoms with van der Waals surface area (Å²) in [7, 11) is 0. The molecule has 0 saturated carbocycles. The van der Waals surface area contributed by atoms with Crippen LogP contribution in [0.5, 0.6) is 0 Å². The Morgan fingerprint density at radius 1 is 1.32 bits per heavy atom. The van der Waals surface area contributed by atoms with Gasteiger partial charge in [-0.2, -0.15) is 0 Å². The molecule has 2 heteroatoms. The minimum atomic E-state index is 0.615. The van der Waals surface area contributed by atoms with Gasteiger partial charge in [-0.25, -0.2) is 0 Å². The summed E-state index contributed by atoms with van der Waals surface area (Å²) in [6, 6.07) is 12.2. The van der Waals surface area contributed by atoms with E-state index in [9.17, 15) is 0 Å². The van der Waals surface area contributed by atoms with Crippen LogP contribution in [0.2, 0.25) is 0 Å². The van der Waals surface area contributed by atoms with E-state index < -0.39 is 0 Å². The van der Waals surface area contributed by atoms with Crippen molar-refractivity contribution in [2.45, 2.75) is 51.6 Å². The Kier molecular flexibility index (Phi) is 5.41. The molecule has 1 aromatic carbocycles. The Labute approximate surface area is 118 Å². The molecular formula is C17H28N2. The summed E-state index contributed by atoms with van der Waals surface area (Å²) in [5.41, 5.74) is 1.46. The van der Waals surface area contributed by atoms with Gasteiger partial charge in [0.2, 0.25) is 0 Å². The standard InChI is InChI=1S/C17H28N2/c1-4-8-17-13-19(15(3)11-18-17)12-14(2)16-9-6-5-7-10-16/h5-7,9-10,14-15,17-18H,4,8,11-13H2,1-3H3. The van der Waals surface area contributed by atoms with E-state index in [0.717, 1.165) is 6.54 Å². The van der Waals surface area contributed by atoms with Gasteiger partial charge in [0, 0.05) is 31.7 Å². The molecule has 1 aliphatic heterocycles. The van der Waals surface area contributed by atoms with E-state index in [-0.39, 0.29) is 0 Å². The van der Waals surface area contributed by atoms with Crippen molar-refractivity contribution in [2.24, 2.45) is 0 Å². The maximum absolute atomic E-state index is 3.67. The molecular weight excluding hydrogens is 232 g/mol. The molecule has 0 radical (unpaired) electrons. The molecule has 19 heavy (non-hydrogen) atoms. The van der Waals surface area contributed by atoms with Crippen molar-refractivity contribution in [3.05, 3.63) is 35.9 Å². The summed E-state index contributed by atoms with van der Waals surface area (Å²) >= 11 is 0. The zero-order chi connectivity index (χ0) is 13.7. The largest absolute Gasteiger partial charge is 0.311 e. The van der Waals surface area contributed by atoms with Crippen LogP contribution in [0, 0.1) is 0 Å². The van der Waals surface area contributed by atoms with Gasteiger partial charge in [-0.15, -0.1) is 0 Å². The van der Waals surface area contributed by atoms with E-state index in [4.69, 9.17) is 0 Å². The molecule has 1 aromatic rings. The topological polar surface area (TPSA) is 15.3 Å². The second kappa shape index (κ2) is 7.06. The molecule has 0 bridgehead atoms. The molecule has 3 atom stereocenters. The van der Waals surface area contributed by atoms with Crippen LogP contribution in [-0.4, -0.2) is 36.6 Å². The van der Waals surface area contributed by atoms with Gasteiger partial charge < -0.3 is 5.32 Å². The first-order valence-corrected chi connectivity index (χ1v) is 7.73. The third-order valence-electron chi connectivity index (χ3n) is 4.29. The zero-order valence-corrected chi connectivity index (χ0v) is 12.6. The van der Waals surface area contributed by atoms with Crippen molar-refractivity contribution in [1.82, 2.24) is 10.2 Å². The number of hydrogen-bond acceptors (Lipinski definition) is 2. The van der Waals surface area contributed by atoms with Gasteiger partial charge in [-0.3, -0.25) is 4.90 Å². The Balaban J connectivity index is 1.93. The summed E-state index contributed by atoms with van der Waals surface area (Å²) in [4.78, 5) is 2.66. The van der Waals surface area contributed by atoms with Gasteiger partial charge in [0.05, 0.1) is 0 Å². The maximum Gasteiger partial charge on any atom is 0.0195 e. The second-order valence-electron chi connectivity index (χ2n) is 6.01. The van der Waals surface area contributed by atoms with E-state index in [2.05, 4.69) is 61.3 Å². The fourth-order valence-corrected chi connectivity index (χ4v) is 3.03. The van der Waals surface area contributed by atoms with Gasteiger partial charge in [-0.05, 0) is 24.8 Å². The highest BCUT2D eigenvalue weighted by molar-refractivity contribution is 5.19. The van der Waals surface area contributed by atoms with Gasteiger partial charge in [-0.1, -0.05) is 50.6 Å². The molecule has 1 saturated heterocycles. The van der Waals surface area contributed by atoms with Crippen molar-refractivity contribution < 1.29 is 0 Å². The van der Waals surface area contributed by atoms with E-state index in [1.807, 2.05) is 0 Å². The van der Waals surface area contributed by atoms with E-state index in [1.165, 1.54) is 31.5 Å². The summed E-state index contributed by atoms with van der Waals surface area (Å²) in [5.74, 6) is 0.615. The van der Waals surface area contributed by atoms with Crippen LogP contribution in [0.3, 0.4) is 0 Å². The van der Waals surface area contributed by atoms with E-state index in [1.54, 1.807) is 0 Å². The number of piperazine rings is 1. The van der Waals surface area contributed by atoms with Crippen LogP contribution in [-0.2, 0) is 0 Å². The Morgan fingerprint density at radius 3 is 2.74 bits per heavy atom. The first-order valence-electron chi connectivity index (χ1n) is 7.73. The third kappa shape index (κ3) is 4.05. The molecule has 0 aromatic heterocycles. The monoisotopic (exact) mass is 260 g/mol. The summed E-state index contributed by atoms with van der Waals surface area (Å²) < 4.78 is 0. The highest BCUT2D eigenvalue weighted by Crippen LogP contribution is 2.19. The van der Waals surface area contributed by atoms with Gasteiger partial charge in [0.15, 0.2) is 0 Å². The molecule has 2 rings (SSSR count). The molecule has 106 valence electrons. The summed E-state index contributed by atoms with van der Waals surface area (Å²) in [5, 5.41) is 3.67. The number of rotatable bonds is 5. The molecule has 0 amide bonds. The quantitative estimate of drug-likeness (QED) is 0.874. The lowest BCUT2D eigenvalue weighted by atomic mass is 9.98. The van der Waals surface area contributed by atoms with Crippen molar-refractivity contribution >= 4 is 0 Å². The lowest BCUT2D eigenvalue weighted by Crippen LogP contribution is -2.55. The fraction of sp³-hybridized carbons (Fsp3) is 0.647. The van der Waals surface area contributed by atoms with Crippen molar-refractivity contribution in [1.29, 1.82) is 0 Å². The minimum absolute atomic E-state index is 0.615. The maximum atomic E-state index is 3.67. The smallest absolute Gasteiger partial charge is 0.0195 e. The predicted octanol–water partition coefficient (Wildman–Crippen LogP) is 3.25. The lowest BCUT2D eigenvalue weighted by molar-refractivity contribution is 0.131. The Morgan fingerprint density at radius 2 is 2.05 bits per heavy atom. The van der Waals surface area contributed by atoms with Crippen LogP contribution in [0.25, 0.3) is 0 Å². The SMILES string of the molecule is CCCC1CN(CC(C)c2ccccc2)C(C)CN1. The van der Waals surface area contributed by atoms with Gasteiger partial charge in [0.25, 0.3) is 0 Å². The minimum Gasteiger partial charge on any atom is -0.311 e. The first-order chi connectivity index (χ1) is 9.20. The number of nitrogens with zero attached hydrogens (tertiary/aromatic N) is 1. The van der Waals surface area contributed by atoms with Crippen molar-refractivity contribution in [2.75, 3.05) is 19.6 Å². The number of benzene rings is 1. The average Bonchev–Trinajstić information content (AvgIpc) is 2.44. The Bertz CT molecular complexity index is 363.